The molecule has 0 bridgehead atoms. The average molecular weight is 415 g/mol. The van der Waals surface area contributed by atoms with E-state index in [2.05, 4.69) is 13.8 Å². The van der Waals surface area contributed by atoms with Crippen molar-refractivity contribution in [2.45, 2.75) is 117 Å². The molecule has 0 fully saturated rings. The Bertz CT molecular complexity index is 362. The van der Waals surface area contributed by atoms with Crippen LogP contribution in [0.4, 0.5) is 0 Å². The van der Waals surface area contributed by atoms with Crippen molar-refractivity contribution in [3.63, 3.8) is 0 Å². The maximum Gasteiger partial charge on any atom is 1.00 e. The smallest absolute Gasteiger partial charge is 0.550 e. The van der Waals surface area contributed by atoms with E-state index in [1.54, 1.807) is 0 Å². The number of aliphatic carboxylic acids is 2. The topological polar surface area (TPSA) is 80.3 Å². The van der Waals surface area contributed by atoms with Crippen LogP contribution in [0, 0.1) is 11.8 Å². The summed E-state index contributed by atoms with van der Waals surface area (Å²) in [6.07, 6.45) is 17.4. The number of carbonyl (C=O) groups is 2. The molecule has 0 amide bonds. The van der Waals surface area contributed by atoms with Gasteiger partial charge in [0, 0.05) is 17.9 Å². The molecular formula is C22H40Na2O4. The van der Waals surface area contributed by atoms with E-state index in [4.69, 9.17) is 0 Å². The Morgan fingerprint density at radius 3 is 1.21 bits per heavy atom. The monoisotopic (exact) mass is 414 g/mol. The molecule has 0 spiro atoms. The van der Waals surface area contributed by atoms with Gasteiger partial charge in [-0.15, -0.1) is 0 Å². The van der Waals surface area contributed by atoms with Crippen molar-refractivity contribution in [3.05, 3.63) is 0 Å². The van der Waals surface area contributed by atoms with Crippen LogP contribution in [0.2, 0.25) is 0 Å². The van der Waals surface area contributed by atoms with Gasteiger partial charge in [0.25, 0.3) is 0 Å². The van der Waals surface area contributed by atoms with Crippen molar-refractivity contribution < 1.29 is 78.9 Å². The summed E-state index contributed by atoms with van der Waals surface area (Å²) in [5, 5.41) is 21.3. The van der Waals surface area contributed by atoms with E-state index < -0.39 is 24.3 Å². The van der Waals surface area contributed by atoms with E-state index in [0.29, 0.717) is 6.42 Å². The number of hydrogen-bond acceptors (Lipinski definition) is 4. The minimum Gasteiger partial charge on any atom is -0.550 e. The van der Waals surface area contributed by atoms with Crippen LogP contribution in [-0.4, -0.2) is 11.9 Å². The Kier molecular flexibility index (Phi) is 29.0. The second-order valence-electron chi connectivity index (χ2n) is 8.16. The molecule has 0 N–H and O–H groups in total. The van der Waals surface area contributed by atoms with Gasteiger partial charge < -0.3 is 19.8 Å². The Hall–Kier alpha value is 0.940. The van der Waals surface area contributed by atoms with Gasteiger partial charge in [-0.25, -0.2) is 0 Å². The second-order valence-corrected chi connectivity index (χ2v) is 8.16. The zero-order chi connectivity index (χ0) is 19.6. The third-order valence-corrected chi connectivity index (χ3v) is 5.08. The number of hydrogen-bond donors (Lipinski definition) is 0. The Balaban J connectivity index is -0.00000312. The van der Waals surface area contributed by atoms with E-state index in [9.17, 15) is 19.8 Å². The molecule has 154 valence electrons. The largest absolute Gasteiger partial charge is 1.00 e. The van der Waals surface area contributed by atoms with E-state index in [1.165, 1.54) is 70.6 Å². The number of carbonyl (C=O) groups excluding carboxylic acids is 2. The van der Waals surface area contributed by atoms with Crippen molar-refractivity contribution in [3.8, 4) is 0 Å². The van der Waals surface area contributed by atoms with Crippen molar-refractivity contribution in [2.24, 2.45) is 11.8 Å². The Morgan fingerprint density at radius 1 is 0.607 bits per heavy atom. The molecule has 0 aromatic rings. The molecule has 0 aliphatic carbocycles. The number of carboxylic acid groups (broad SMARTS) is 2. The number of carboxylic acids is 2. The molecule has 0 aliphatic heterocycles. The van der Waals surface area contributed by atoms with Crippen LogP contribution in [-0.2, 0) is 9.59 Å². The van der Waals surface area contributed by atoms with Gasteiger partial charge in [-0.3, -0.25) is 0 Å². The molecule has 0 rings (SSSR count). The SMILES string of the molecule is CC(C)CCCCCCCCCCCCCCCC(CC(=O)[O-])C(=O)[O-].[Na+].[Na+]. The van der Waals surface area contributed by atoms with Crippen LogP contribution in [0.3, 0.4) is 0 Å². The van der Waals surface area contributed by atoms with Crippen LogP contribution >= 0.6 is 0 Å². The summed E-state index contributed by atoms with van der Waals surface area (Å²) in [5.41, 5.74) is 0. The molecule has 0 heterocycles. The first-order valence-electron chi connectivity index (χ1n) is 10.8. The third-order valence-electron chi connectivity index (χ3n) is 5.08. The molecule has 0 radical (unpaired) electrons. The van der Waals surface area contributed by atoms with Gasteiger partial charge in [-0.2, -0.15) is 0 Å². The van der Waals surface area contributed by atoms with Crippen LogP contribution in [0.25, 0.3) is 0 Å². The van der Waals surface area contributed by atoms with Gasteiger partial charge in [0.05, 0.1) is 0 Å². The zero-order valence-corrected chi connectivity index (χ0v) is 23.1. The van der Waals surface area contributed by atoms with E-state index >= 15 is 0 Å². The molecular weight excluding hydrogens is 374 g/mol. The normalized spacial score (nSPS) is 11.5. The van der Waals surface area contributed by atoms with Crippen LogP contribution in [0.1, 0.15) is 117 Å². The number of unbranched alkanes of at least 4 members (excludes halogenated alkanes) is 12. The summed E-state index contributed by atoms with van der Waals surface area (Å²) in [6, 6.07) is 0. The first-order chi connectivity index (χ1) is 12.4. The zero-order valence-electron chi connectivity index (χ0n) is 19.1. The first kappa shape index (κ1) is 33.6. The Morgan fingerprint density at radius 2 is 0.929 bits per heavy atom. The molecule has 1 atom stereocenters. The van der Waals surface area contributed by atoms with Crippen molar-refractivity contribution in [1.82, 2.24) is 0 Å². The molecule has 1 unspecified atom stereocenters. The predicted molar refractivity (Wildman–Crippen MR) is 102 cm³/mol. The van der Waals surface area contributed by atoms with E-state index in [0.717, 1.165) is 25.2 Å². The molecule has 4 nitrogen and oxygen atoms in total. The minimum absolute atomic E-state index is 0. The summed E-state index contributed by atoms with van der Waals surface area (Å²) in [4.78, 5) is 21.3. The van der Waals surface area contributed by atoms with E-state index in [1.807, 2.05) is 0 Å². The van der Waals surface area contributed by atoms with Crippen molar-refractivity contribution in [1.29, 1.82) is 0 Å². The van der Waals surface area contributed by atoms with Gasteiger partial charge in [-0.1, -0.05) is 104 Å². The standard InChI is InChI=1S/C22H42O4.2Na/c1-19(2)16-14-12-10-8-6-4-3-5-7-9-11-13-15-17-20(22(25)26)18-21(23)24;;/h19-20H,3-18H2,1-2H3,(H,23,24)(H,25,26);;/q;2*+1/p-2. The van der Waals surface area contributed by atoms with Crippen molar-refractivity contribution >= 4 is 11.9 Å². The van der Waals surface area contributed by atoms with E-state index in [-0.39, 0.29) is 59.1 Å². The second kappa shape index (κ2) is 24.2. The first-order valence-corrected chi connectivity index (χ1v) is 10.8. The maximum atomic E-state index is 10.8. The number of rotatable bonds is 19. The molecule has 6 heteroatoms. The predicted octanol–water partition coefficient (Wildman–Crippen LogP) is -1.99. The fourth-order valence-corrected chi connectivity index (χ4v) is 3.39. The van der Waals surface area contributed by atoms with Gasteiger partial charge in [0.1, 0.15) is 0 Å². The third kappa shape index (κ3) is 25.0. The van der Waals surface area contributed by atoms with Crippen LogP contribution in [0.5, 0.6) is 0 Å². The Labute approximate surface area is 217 Å². The molecule has 0 aromatic heterocycles. The summed E-state index contributed by atoms with van der Waals surface area (Å²) in [5.74, 6) is -2.64. The molecule has 0 saturated heterocycles. The summed E-state index contributed by atoms with van der Waals surface area (Å²) in [6.45, 7) is 4.59. The molecule has 0 aromatic carbocycles. The summed E-state index contributed by atoms with van der Waals surface area (Å²) in [7, 11) is 0. The fraction of sp³-hybridized carbons (Fsp3) is 0.909. The average Bonchev–Trinajstić information content (AvgIpc) is 2.56. The maximum absolute atomic E-state index is 10.8. The van der Waals surface area contributed by atoms with Crippen LogP contribution < -0.4 is 69.3 Å². The summed E-state index contributed by atoms with van der Waals surface area (Å²) >= 11 is 0. The fourth-order valence-electron chi connectivity index (χ4n) is 3.39. The molecule has 0 saturated carbocycles. The van der Waals surface area contributed by atoms with Gasteiger partial charge in [0.2, 0.25) is 0 Å². The summed E-state index contributed by atoms with van der Waals surface area (Å²) < 4.78 is 0. The molecule has 28 heavy (non-hydrogen) atoms. The van der Waals surface area contributed by atoms with Gasteiger partial charge in [0.15, 0.2) is 0 Å². The van der Waals surface area contributed by atoms with Crippen LogP contribution in [0.15, 0.2) is 0 Å². The minimum atomic E-state index is -1.31. The van der Waals surface area contributed by atoms with Crippen molar-refractivity contribution in [2.75, 3.05) is 0 Å². The van der Waals surface area contributed by atoms with Gasteiger partial charge >= 0.3 is 59.1 Å². The van der Waals surface area contributed by atoms with Gasteiger partial charge in [-0.05, 0) is 18.8 Å². The quantitative estimate of drug-likeness (QED) is 0.181. The molecule has 0 aliphatic rings.